The normalized spacial score (nSPS) is 14.0. The first kappa shape index (κ1) is 14.0. The van der Waals surface area contributed by atoms with Crippen LogP contribution in [-0.4, -0.2) is 22.6 Å². The van der Waals surface area contributed by atoms with Crippen molar-refractivity contribution in [2.45, 2.75) is 25.5 Å². The largest absolute Gasteiger partial charge is 0.591 e. The van der Waals surface area contributed by atoms with E-state index in [1.165, 1.54) is 31.5 Å². The van der Waals surface area contributed by atoms with E-state index < -0.39 is 21.9 Å². The fraction of sp³-hybridized carbons (Fsp3) is 0.417. The summed E-state index contributed by atoms with van der Waals surface area (Å²) in [5.74, 6) is 0.120. The molecule has 0 N–H and O–H groups in total. The fourth-order valence-corrected chi connectivity index (χ4v) is 1.54. The van der Waals surface area contributed by atoms with Gasteiger partial charge in [0.15, 0.2) is 0 Å². The van der Waals surface area contributed by atoms with Gasteiger partial charge in [0.2, 0.25) is 0 Å². The summed E-state index contributed by atoms with van der Waals surface area (Å²) in [6.07, 6.45) is 1.28. The molecule has 0 amide bonds. The average molecular weight is 257 g/mol. The van der Waals surface area contributed by atoms with Gasteiger partial charge in [-0.1, -0.05) is 4.40 Å². The van der Waals surface area contributed by atoms with Gasteiger partial charge in [-0.15, -0.1) is 0 Å². The van der Waals surface area contributed by atoms with Crippen LogP contribution in [0.2, 0.25) is 0 Å². The molecule has 3 nitrogen and oxygen atoms in total. The summed E-state index contributed by atoms with van der Waals surface area (Å²) in [5, 5.41) is 0. The maximum absolute atomic E-state index is 13.4. The van der Waals surface area contributed by atoms with Crippen LogP contribution in [0.5, 0.6) is 5.75 Å². The van der Waals surface area contributed by atoms with Gasteiger partial charge in [-0.25, -0.2) is 4.39 Å². The standard InChI is InChI=1S/C12H16FNO2S/c1-12(2,3)17(15)14-8-9-7-10(16-4)5-6-11(9)13/h5-8H,1-4H3/b14-8+. The zero-order chi connectivity index (χ0) is 13.1. The van der Waals surface area contributed by atoms with Gasteiger partial charge in [-0.2, -0.15) is 0 Å². The Bertz CT molecular complexity index is 415. The minimum Gasteiger partial charge on any atom is -0.591 e. The number of methoxy groups -OCH3 is 1. The number of nitrogens with zero attached hydrogens (tertiary/aromatic N) is 1. The van der Waals surface area contributed by atoms with Crippen LogP contribution in [0.3, 0.4) is 0 Å². The molecule has 5 heteroatoms. The lowest BCUT2D eigenvalue weighted by atomic mass is 10.2. The van der Waals surface area contributed by atoms with Crippen molar-refractivity contribution in [1.82, 2.24) is 0 Å². The Labute approximate surface area is 104 Å². The van der Waals surface area contributed by atoms with Gasteiger partial charge < -0.3 is 9.29 Å². The number of benzene rings is 1. The predicted octanol–water partition coefficient (Wildman–Crippen LogP) is 2.72. The van der Waals surface area contributed by atoms with Crippen molar-refractivity contribution in [2.24, 2.45) is 4.40 Å². The lowest BCUT2D eigenvalue weighted by molar-refractivity contribution is 0.413. The molecule has 17 heavy (non-hydrogen) atoms. The molecule has 0 aliphatic rings. The Morgan fingerprint density at radius 1 is 1.41 bits per heavy atom. The van der Waals surface area contributed by atoms with Crippen LogP contribution in [0, 0.1) is 5.82 Å². The second-order valence-corrected chi connectivity index (χ2v) is 6.42. The minimum atomic E-state index is -1.39. The molecule has 1 aromatic carbocycles. The van der Waals surface area contributed by atoms with E-state index in [0.29, 0.717) is 5.75 Å². The third-order valence-corrected chi connectivity index (χ3v) is 3.36. The van der Waals surface area contributed by atoms with E-state index in [0.717, 1.165) is 0 Å². The zero-order valence-electron chi connectivity index (χ0n) is 10.4. The lowest BCUT2D eigenvalue weighted by Crippen LogP contribution is -2.25. The van der Waals surface area contributed by atoms with Crippen molar-refractivity contribution in [3.8, 4) is 5.75 Å². The Hall–Kier alpha value is -1.07. The topological polar surface area (TPSA) is 44.6 Å². The van der Waals surface area contributed by atoms with Crippen molar-refractivity contribution in [3.05, 3.63) is 29.6 Å². The van der Waals surface area contributed by atoms with Gasteiger partial charge in [-0.05, 0) is 39.0 Å². The SMILES string of the molecule is COc1ccc(F)c(/C=N/[S+]([O-])C(C)(C)C)c1. The molecule has 0 saturated carbocycles. The Morgan fingerprint density at radius 3 is 2.59 bits per heavy atom. The number of hydrogen-bond donors (Lipinski definition) is 0. The third-order valence-electron chi connectivity index (χ3n) is 2.01. The van der Waals surface area contributed by atoms with E-state index in [-0.39, 0.29) is 5.56 Å². The number of halogens is 1. The van der Waals surface area contributed by atoms with E-state index in [4.69, 9.17) is 4.74 Å². The number of hydrogen-bond acceptors (Lipinski definition) is 3. The molecule has 1 atom stereocenters. The van der Waals surface area contributed by atoms with E-state index in [1.807, 2.05) is 20.8 Å². The van der Waals surface area contributed by atoms with E-state index in [1.54, 1.807) is 0 Å². The van der Waals surface area contributed by atoms with Crippen molar-refractivity contribution >= 4 is 17.6 Å². The van der Waals surface area contributed by atoms with Gasteiger partial charge >= 0.3 is 0 Å². The van der Waals surface area contributed by atoms with E-state index >= 15 is 0 Å². The van der Waals surface area contributed by atoms with E-state index in [9.17, 15) is 8.94 Å². The molecule has 0 aliphatic carbocycles. The summed E-state index contributed by atoms with van der Waals surface area (Å²) in [6, 6.07) is 4.33. The molecule has 94 valence electrons. The van der Waals surface area contributed by atoms with Crippen LogP contribution < -0.4 is 4.74 Å². The highest BCUT2D eigenvalue weighted by Gasteiger charge is 2.25. The molecule has 0 radical (unpaired) electrons. The number of ether oxygens (including phenoxy) is 1. The molecule has 0 aliphatic heterocycles. The monoisotopic (exact) mass is 257 g/mol. The third kappa shape index (κ3) is 4.02. The van der Waals surface area contributed by atoms with Crippen molar-refractivity contribution in [1.29, 1.82) is 0 Å². The van der Waals surface area contributed by atoms with Crippen LogP contribution >= 0.6 is 0 Å². The zero-order valence-corrected chi connectivity index (χ0v) is 11.2. The predicted molar refractivity (Wildman–Crippen MR) is 68.4 cm³/mol. The second-order valence-electron chi connectivity index (χ2n) is 4.48. The first-order valence-electron chi connectivity index (χ1n) is 5.14. The maximum Gasteiger partial charge on any atom is 0.144 e. The molecule has 1 aromatic rings. The Morgan fingerprint density at radius 2 is 2.06 bits per heavy atom. The van der Waals surface area contributed by atoms with Crippen LogP contribution in [0.25, 0.3) is 0 Å². The fourth-order valence-electron chi connectivity index (χ4n) is 1.01. The van der Waals surface area contributed by atoms with Crippen molar-refractivity contribution in [3.63, 3.8) is 0 Å². The molecule has 0 saturated heterocycles. The summed E-state index contributed by atoms with van der Waals surface area (Å²) in [4.78, 5) is 0. The first-order chi connectivity index (χ1) is 7.84. The van der Waals surface area contributed by atoms with Crippen LogP contribution in [-0.2, 0) is 11.4 Å². The first-order valence-corrected chi connectivity index (χ1v) is 6.25. The molecule has 1 unspecified atom stereocenters. The summed E-state index contributed by atoms with van der Waals surface area (Å²) in [5.41, 5.74) is 0.266. The minimum absolute atomic E-state index is 0.266. The van der Waals surface area contributed by atoms with Crippen LogP contribution in [0.1, 0.15) is 26.3 Å². The smallest absolute Gasteiger partial charge is 0.144 e. The highest BCUT2D eigenvalue weighted by Crippen LogP contribution is 2.18. The summed E-state index contributed by atoms with van der Waals surface area (Å²) in [6.45, 7) is 5.42. The Balaban J connectivity index is 2.91. The molecular weight excluding hydrogens is 241 g/mol. The van der Waals surface area contributed by atoms with Gasteiger partial charge in [0.1, 0.15) is 27.7 Å². The van der Waals surface area contributed by atoms with Gasteiger partial charge in [0, 0.05) is 5.56 Å². The molecular formula is C12H16FNO2S. The molecule has 0 heterocycles. The van der Waals surface area contributed by atoms with Gasteiger partial charge in [0.05, 0.1) is 13.3 Å². The highest BCUT2D eigenvalue weighted by molar-refractivity contribution is 7.91. The molecule has 0 aromatic heterocycles. The summed E-state index contributed by atoms with van der Waals surface area (Å²) < 4.78 is 33.5. The summed E-state index contributed by atoms with van der Waals surface area (Å²) in [7, 11) is 1.50. The number of rotatable bonds is 3. The maximum atomic E-state index is 13.4. The molecule has 0 bridgehead atoms. The van der Waals surface area contributed by atoms with Gasteiger partial charge in [-0.3, -0.25) is 0 Å². The Kier molecular flexibility index (Phi) is 4.54. The van der Waals surface area contributed by atoms with Crippen molar-refractivity contribution in [2.75, 3.05) is 7.11 Å². The molecule has 0 fully saturated rings. The van der Waals surface area contributed by atoms with Crippen LogP contribution in [0.4, 0.5) is 4.39 Å². The molecule has 0 spiro atoms. The van der Waals surface area contributed by atoms with Crippen LogP contribution in [0.15, 0.2) is 22.6 Å². The second kappa shape index (κ2) is 5.51. The average Bonchev–Trinajstić information content (AvgIpc) is 2.26. The lowest BCUT2D eigenvalue weighted by Gasteiger charge is -2.17. The van der Waals surface area contributed by atoms with E-state index in [2.05, 4.69) is 4.40 Å². The quantitative estimate of drug-likeness (QED) is 0.617. The van der Waals surface area contributed by atoms with Crippen molar-refractivity contribution < 1.29 is 13.7 Å². The molecule has 1 rings (SSSR count). The summed E-state index contributed by atoms with van der Waals surface area (Å²) >= 11 is -1.39. The highest BCUT2D eigenvalue weighted by atomic mass is 32.2. The van der Waals surface area contributed by atoms with Gasteiger partial charge in [0.25, 0.3) is 0 Å².